The van der Waals surface area contributed by atoms with E-state index in [1.807, 2.05) is 13.8 Å². The molecule has 3 rings (SSSR count). The maximum Gasteiger partial charge on any atom is 0.253 e. The summed E-state index contributed by atoms with van der Waals surface area (Å²) in [5, 5.41) is 3.88. The van der Waals surface area contributed by atoms with Crippen LogP contribution in [0.3, 0.4) is 0 Å². The number of halogens is 2. The number of aryl methyl sites for hydroxylation is 2. The standard InChI is InChI=1S/C21H20F2N2O3/c1-13-18(14(2)28-24-13)12-27-17-7-5-16(6-8-17)21(26)25(3)11-15-4-9-19(22)20(23)10-15/h4-10H,11-12H2,1-3H3. The Morgan fingerprint density at radius 3 is 2.43 bits per heavy atom. The highest BCUT2D eigenvalue weighted by Gasteiger charge is 2.14. The number of carbonyl (C=O) groups is 1. The van der Waals surface area contributed by atoms with Crippen LogP contribution in [-0.4, -0.2) is 23.0 Å². The Morgan fingerprint density at radius 2 is 1.82 bits per heavy atom. The fraction of sp³-hybridized carbons (Fsp3) is 0.238. The topological polar surface area (TPSA) is 55.6 Å². The van der Waals surface area contributed by atoms with E-state index >= 15 is 0 Å². The zero-order valence-electron chi connectivity index (χ0n) is 15.8. The lowest BCUT2D eigenvalue weighted by Gasteiger charge is -2.17. The minimum atomic E-state index is -0.932. The van der Waals surface area contributed by atoms with Gasteiger partial charge in [-0.1, -0.05) is 11.2 Å². The van der Waals surface area contributed by atoms with E-state index in [0.29, 0.717) is 29.2 Å². The predicted octanol–water partition coefficient (Wildman–Crippen LogP) is 4.42. The van der Waals surface area contributed by atoms with Crippen molar-refractivity contribution in [3.8, 4) is 5.75 Å². The van der Waals surface area contributed by atoms with Gasteiger partial charge in [0.05, 0.1) is 11.3 Å². The van der Waals surface area contributed by atoms with Crippen molar-refractivity contribution in [2.45, 2.75) is 27.0 Å². The first kappa shape index (κ1) is 19.5. The van der Waals surface area contributed by atoms with Gasteiger partial charge in [-0.2, -0.15) is 0 Å². The van der Waals surface area contributed by atoms with E-state index in [2.05, 4.69) is 5.16 Å². The van der Waals surface area contributed by atoms with Gasteiger partial charge < -0.3 is 14.2 Å². The molecule has 5 nitrogen and oxygen atoms in total. The summed E-state index contributed by atoms with van der Waals surface area (Å²) in [4.78, 5) is 14.0. The molecule has 0 radical (unpaired) electrons. The monoisotopic (exact) mass is 386 g/mol. The maximum atomic E-state index is 13.3. The third-order valence-corrected chi connectivity index (χ3v) is 4.42. The second-order valence-corrected chi connectivity index (χ2v) is 6.53. The number of hydrogen-bond acceptors (Lipinski definition) is 4. The van der Waals surface area contributed by atoms with Crippen molar-refractivity contribution in [3.05, 3.63) is 82.2 Å². The first-order valence-electron chi connectivity index (χ1n) is 8.69. The number of nitrogens with zero attached hydrogens (tertiary/aromatic N) is 2. The van der Waals surface area contributed by atoms with Crippen molar-refractivity contribution in [3.63, 3.8) is 0 Å². The van der Waals surface area contributed by atoms with Crippen LogP contribution in [-0.2, 0) is 13.2 Å². The van der Waals surface area contributed by atoms with Crippen molar-refractivity contribution in [1.82, 2.24) is 10.1 Å². The zero-order chi connectivity index (χ0) is 20.3. The highest BCUT2D eigenvalue weighted by molar-refractivity contribution is 5.94. The van der Waals surface area contributed by atoms with Gasteiger partial charge in [0.2, 0.25) is 0 Å². The molecule has 1 amide bonds. The highest BCUT2D eigenvalue weighted by atomic mass is 19.2. The summed E-state index contributed by atoms with van der Waals surface area (Å²) < 4.78 is 37.2. The molecule has 0 spiro atoms. The van der Waals surface area contributed by atoms with Crippen LogP contribution in [0.15, 0.2) is 47.0 Å². The van der Waals surface area contributed by atoms with Crippen molar-refractivity contribution in [1.29, 1.82) is 0 Å². The highest BCUT2D eigenvalue weighted by Crippen LogP contribution is 2.19. The predicted molar refractivity (Wildman–Crippen MR) is 98.9 cm³/mol. The van der Waals surface area contributed by atoms with E-state index in [9.17, 15) is 13.6 Å². The Bertz CT molecular complexity index is 964. The summed E-state index contributed by atoms with van der Waals surface area (Å²) in [5.41, 5.74) is 2.65. The van der Waals surface area contributed by atoms with Gasteiger partial charge in [-0.05, 0) is 55.8 Å². The van der Waals surface area contributed by atoms with Gasteiger partial charge in [-0.25, -0.2) is 8.78 Å². The molecule has 2 aromatic carbocycles. The van der Waals surface area contributed by atoms with Crippen LogP contribution in [0.1, 0.15) is 32.9 Å². The fourth-order valence-corrected chi connectivity index (χ4v) is 2.76. The lowest BCUT2D eigenvalue weighted by atomic mass is 10.1. The van der Waals surface area contributed by atoms with Crippen LogP contribution in [0.4, 0.5) is 8.78 Å². The summed E-state index contributed by atoms with van der Waals surface area (Å²) in [6, 6.07) is 10.3. The van der Waals surface area contributed by atoms with Gasteiger partial charge in [0.25, 0.3) is 5.91 Å². The second kappa shape index (κ2) is 8.21. The van der Waals surface area contributed by atoms with Crippen LogP contribution in [0.2, 0.25) is 0 Å². The second-order valence-electron chi connectivity index (χ2n) is 6.53. The number of amides is 1. The summed E-state index contributed by atoms with van der Waals surface area (Å²) in [6.45, 7) is 4.16. The summed E-state index contributed by atoms with van der Waals surface area (Å²) in [7, 11) is 1.60. The quantitative estimate of drug-likeness (QED) is 0.629. The molecule has 0 atom stereocenters. The van der Waals surface area contributed by atoms with E-state index in [0.717, 1.165) is 23.4 Å². The molecular weight excluding hydrogens is 366 g/mol. The smallest absolute Gasteiger partial charge is 0.253 e. The number of ether oxygens (including phenoxy) is 1. The van der Waals surface area contributed by atoms with Crippen molar-refractivity contribution in [2.24, 2.45) is 0 Å². The third-order valence-electron chi connectivity index (χ3n) is 4.42. The molecule has 0 aliphatic heterocycles. The number of hydrogen-bond donors (Lipinski definition) is 0. The molecule has 0 aliphatic rings. The molecule has 1 heterocycles. The number of carbonyl (C=O) groups excluding carboxylic acids is 1. The summed E-state index contributed by atoms with van der Waals surface area (Å²) >= 11 is 0. The van der Waals surface area contributed by atoms with E-state index in [-0.39, 0.29) is 12.5 Å². The molecule has 3 aromatic rings. The largest absolute Gasteiger partial charge is 0.489 e. The SMILES string of the molecule is Cc1noc(C)c1COc1ccc(C(=O)N(C)Cc2ccc(F)c(F)c2)cc1. The molecule has 0 unspecified atom stereocenters. The van der Waals surface area contributed by atoms with Gasteiger partial charge in [0.15, 0.2) is 11.6 Å². The Morgan fingerprint density at radius 1 is 1.11 bits per heavy atom. The van der Waals surface area contributed by atoms with Crippen LogP contribution >= 0.6 is 0 Å². The first-order valence-corrected chi connectivity index (χ1v) is 8.69. The van der Waals surface area contributed by atoms with Crippen LogP contribution in [0.5, 0.6) is 5.75 Å². The van der Waals surface area contributed by atoms with Crippen molar-refractivity contribution in [2.75, 3.05) is 7.05 Å². The van der Waals surface area contributed by atoms with E-state index in [4.69, 9.17) is 9.26 Å². The maximum absolute atomic E-state index is 13.3. The molecule has 28 heavy (non-hydrogen) atoms. The van der Waals surface area contributed by atoms with Gasteiger partial charge in [0, 0.05) is 19.2 Å². The fourth-order valence-electron chi connectivity index (χ4n) is 2.76. The normalized spacial score (nSPS) is 10.8. The molecule has 0 saturated carbocycles. The van der Waals surface area contributed by atoms with Gasteiger partial charge in [-0.15, -0.1) is 0 Å². The van der Waals surface area contributed by atoms with E-state index in [1.54, 1.807) is 31.3 Å². The molecule has 0 bridgehead atoms. The van der Waals surface area contributed by atoms with E-state index in [1.165, 1.54) is 11.0 Å². The third kappa shape index (κ3) is 4.36. The number of aromatic nitrogens is 1. The summed E-state index contributed by atoms with van der Waals surface area (Å²) in [5.74, 6) is -0.756. The molecule has 0 N–H and O–H groups in total. The number of rotatable bonds is 6. The first-order chi connectivity index (χ1) is 13.3. The Kier molecular flexibility index (Phi) is 5.73. The van der Waals surface area contributed by atoms with Crippen LogP contribution in [0, 0.1) is 25.5 Å². The number of benzene rings is 2. The molecule has 0 saturated heterocycles. The molecule has 0 fully saturated rings. The van der Waals surface area contributed by atoms with Gasteiger partial charge in [0.1, 0.15) is 18.1 Å². The van der Waals surface area contributed by atoms with Gasteiger partial charge >= 0.3 is 0 Å². The average molecular weight is 386 g/mol. The molecular formula is C21H20F2N2O3. The molecule has 1 aromatic heterocycles. The van der Waals surface area contributed by atoms with Crippen molar-refractivity contribution < 1.29 is 22.8 Å². The molecule has 0 aliphatic carbocycles. The Hall–Kier alpha value is -3.22. The minimum absolute atomic E-state index is 0.167. The molecule has 7 heteroatoms. The average Bonchev–Trinajstić information content (AvgIpc) is 3.00. The lowest BCUT2D eigenvalue weighted by molar-refractivity contribution is 0.0785. The Labute approximate surface area is 161 Å². The summed E-state index contributed by atoms with van der Waals surface area (Å²) in [6.07, 6.45) is 0. The Balaban J connectivity index is 1.61. The van der Waals surface area contributed by atoms with Crippen LogP contribution in [0.25, 0.3) is 0 Å². The van der Waals surface area contributed by atoms with Gasteiger partial charge in [-0.3, -0.25) is 4.79 Å². The zero-order valence-corrected chi connectivity index (χ0v) is 15.8. The molecule has 146 valence electrons. The van der Waals surface area contributed by atoms with Crippen LogP contribution < -0.4 is 4.74 Å². The van der Waals surface area contributed by atoms with Crippen molar-refractivity contribution >= 4 is 5.91 Å². The van der Waals surface area contributed by atoms with E-state index < -0.39 is 11.6 Å². The minimum Gasteiger partial charge on any atom is -0.489 e. The lowest BCUT2D eigenvalue weighted by Crippen LogP contribution is -2.26.